The van der Waals surface area contributed by atoms with Crippen LogP contribution in [0.15, 0.2) is 12.1 Å². The van der Waals surface area contributed by atoms with E-state index >= 15 is 0 Å². The molecule has 0 saturated carbocycles. The lowest BCUT2D eigenvalue weighted by Crippen LogP contribution is -1.93. The fourth-order valence-corrected chi connectivity index (χ4v) is 0.728. The van der Waals surface area contributed by atoms with E-state index < -0.39 is 5.82 Å². The average molecular weight is 157 g/mol. The van der Waals surface area contributed by atoms with E-state index in [1.165, 1.54) is 13.2 Å². The Morgan fingerprint density at radius 2 is 2.18 bits per heavy atom. The molecule has 1 aromatic rings. The van der Waals surface area contributed by atoms with Gasteiger partial charge in [-0.25, -0.2) is 4.39 Å². The van der Waals surface area contributed by atoms with E-state index in [0.717, 1.165) is 6.07 Å². The van der Waals surface area contributed by atoms with Gasteiger partial charge in [-0.1, -0.05) is 0 Å². The first-order valence-electron chi connectivity index (χ1n) is 2.97. The van der Waals surface area contributed by atoms with Crippen LogP contribution in [0.25, 0.3) is 0 Å². The lowest BCUT2D eigenvalue weighted by molar-refractivity contribution is 0.372. The minimum absolute atomic E-state index is 0.170. The van der Waals surface area contributed by atoms with Gasteiger partial charge < -0.3 is 15.6 Å². The Balaban J connectivity index is 3.25. The molecule has 0 saturated heterocycles. The molecule has 60 valence electrons. The molecule has 0 radical (unpaired) electrons. The Morgan fingerprint density at radius 3 is 2.73 bits per heavy atom. The number of anilines is 1. The number of aromatic hydroxyl groups is 1. The van der Waals surface area contributed by atoms with Gasteiger partial charge in [-0.2, -0.15) is 0 Å². The fraction of sp³-hybridized carbons (Fsp3) is 0.143. The van der Waals surface area contributed by atoms with Crippen LogP contribution in [0.4, 0.5) is 10.1 Å². The van der Waals surface area contributed by atoms with E-state index in [1.54, 1.807) is 0 Å². The summed E-state index contributed by atoms with van der Waals surface area (Å²) in [5, 5.41) is 9.09. The molecule has 4 heteroatoms. The number of ether oxygens (including phenoxy) is 1. The second kappa shape index (κ2) is 2.65. The Hall–Kier alpha value is -1.45. The summed E-state index contributed by atoms with van der Waals surface area (Å²) in [6.45, 7) is 0. The Labute approximate surface area is 63.2 Å². The zero-order valence-electron chi connectivity index (χ0n) is 5.97. The number of halogens is 1. The zero-order chi connectivity index (χ0) is 8.43. The molecule has 3 nitrogen and oxygen atoms in total. The van der Waals surface area contributed by atoms with Gasteiger partial charge in [0.25, 0.3) is 0 Å². The molecule has 0 amide bonds. The van der Waals surface area contributed by atoms with Crippen LogP contribution in [0.3, 0.4) is 0 Å². The lowest BCUT2D eigenvalue weighted by atomic mass is 10.2. The smallest absolute Gasteiger partial charge is 0.184 e. The van der Waals surface area contributed by atoms with Crippen LogP contribution in [0.1, 0.15) is 0 Å². The molecule has 0 heterocycles. The summed E-state index contributed by atoms with van der Waals surface area (Å²) in [4.78, 5) is 0. The van der Waals surface area contributed by atoms with Gasteiger partial charge in [-0.05, 0) is 12.1 Å². The van der Waals surface area contributed by atoms with Crippen LogP contribution in [0, 0.1) is 5.82 Å². The predicted octanol–water partition coefficient (Wildman–Crippen LogP) is 1.12. The van der Waals surface area contributed by atoms with Crippen molar-refractivity contribution in [2.45, 2.75) is 0 Å². The fourth-order valence-electron chi connectivity index (χ4n) is 0.728. The van der Waals surface area contributed by atoms with Crippen molar-refractivity contribution in [1.29, 1.82) is 0 Å². The van der Waals surface area contributed by atoms with Crippen molar-refractivity contribution in [2.24, 2.45) is 0 Å². The number of methoxy groups -OCH3 is 1. The molecule has 0 bridgehead atoms. The first-order chi connectivity index (χ1) is 5.16. The van der Waals surface area contributed by atoms with Crippen molar-refractivity contribution in [3.8, 4) is 11.5 Å². The zero-order valence-corrected chi connectivity index (χ0v) is 5.97. The molecule has 11 heavy (non-hydrogen) atoms. The average Bonchev–Trinajstić information content (AvgIpc) is 2.01. The third-order valence-corrected chi connectivity index (χ3v) is 1.35. The van der Waals surface area contributed by atoms with Gasteiger partial charge in [-0.15, -0.1) is 0 Å². The first kappa shape index (κ1) is 7.65. The molecule has 0 atom stereocenters. The minimum atomic E-state index is -0.650. The van der Waals surface area contributed by atoms with E-state index in [4.69, 9.17) is 10.8 Å². The van der Waals surface area contributed by atoms with Gasteiger partial charge in [0.1, 0.15) is 11.5 Å². The summed E-state index contributed by atoms with van der Waals surface area (Å²) < 4.78 is 17.2. The highest BCUT2D eigenvalue weighted by Gasteiger charge is 2.08. The first-order valence-corrected chi connectivity index (χ1v) is 2.97. The topological polar surface area (TPSA) is 55.5 Å². The van der Waals surface area contributed by atoms with Gasteiger partial charge in [0.05, 0.1) is 7.11 Å². The number of hydrogen-bond acceptors (Lipinski definition) is 3. The number of nitrogens with two attached hydrogens (primary N) is 1. The van der Waals surface area contributed by atoms with E-state index in [-0.39, 0.29) is 17.2 Å². The van der Waals surface area contributed by atoms with E-state index in [0.29, 0.717) is 0 Å². The Morgan fingerprint density at radius 1 is 1.55 bits per heavy atom. The number of phenolic OH excluding ortho intramolecular Hbond substituents is 1. The highest BCUT2D eigenvalue weighted by Crippen LogP contribution is 2.33. The second-order valence-electron chi connectivity index (χ2n) is 2.01. The molecular formula is C7H8FNO2. The van der Waals surface area contributed by atoms with Gasteiger partial charge in [0.2, 0.25) is 0 Å². The summed E-state index contributed by atoms with van der Waals surface area (Å²) in [6, 6.07) is 2.44. The van der Waals surface area contributed by atoms with E-state index in [1.807, 2.05) is 0 Å². The molecule has 0 fully saturated rings. The van der Waals surface area contributed by atoms with E-state index in [2.05, 4.69) is 4.74 Å². The highest BCUT2D eigenvalue weighted by molar-refractivity contribution is 5.59. The van der Waals surface area contributed by atoms with Crippen LogP contribution in [-0.2, 0) is 0 Å². The number of nitrogen functional groups attached to an aromatic ring is 1. The largest absolute Gasteiger partial charge is 0.503 e. The molecular weight excluding hydrogens is 149 g/mol. The number of benzene rings is 1. The third kappa shape index (κ3) is 1.19. The van der Waals surface area contributed by atoms with Crippen molar-refractivity contribution >= 4 is 5.69 Å². The lowest BCUT2D eigenvalue weighted by Gasteiger charge is -2.05. The molecule has 3 N–H and O–H groups in total. The van der Waals surface area contributed by atoms with Crippen LogP contribution in [0.5, 0.6) is 11.5 Å². The maximum absolute atomic E-state index is 12.6. The Kier molecular flexibility index (Phi) is 1.85. The molecule has 0 aliphatic carbocycles. The van der Waals surface area contributed by atoms with Crippen molar-refractivity contribution in [3.05, 3.63) is 17.9 Å². The Bertz CT molecular complexity index is 275. The predicted molar refractivity (Wildman–Crippen MR) is 39.0 cm³/mol. The van der Waals surface area contributed by atoms with Crippen molar-refractivity contribution < 1.29 is 14.2 Å². The van der Waals surface area contributed by atoms with Crippen molar-refractivity contribution in [3.63, 3.8) is 0 Å². The van der Waals surface area contributed by atoms with Crippen molar-refractivity contribution in [1.82, 2.24) is 0 Å². The van der Waals surface area contributed by atoms with Gasteiger partial charge in [0.15, 0.2) is 11.5 Å². The minimum Gasteiger partial charge on any atom is -0.503 e. The summed E-state index contributed by atoms with van der Waals surface area (Å²) in [5.41, 5.74) is 4.87. The third-order valence-electron chi connectivity index (χ3n) is 1.35. The maximum atomic E-state index is 12.6. The molecule has 0 unspecified atom stereocenters. The second-order valence-corrected chi connectivity index (χ2v) is 2.01. The summed E-state index contributed by atoms with van der Waals surface area (Å²) >= 11 is 0. The SMILES string of the molecule is COc1ccc(F)c(N)c1O. The van der Waals surface area contributed by atoms with Gasteiger partial charge in [0, 0.05) is 0 Å². The quantitative estimate of drug-likeness (QED) is 0.474. The van der Waals surface area contributed by atoms with E-state index in [9.17, 15) is 4.39 Å². The molecule has 0 aliphatic rings. The van der Waals surface area contributed by atoms with Crippen LogP contribution < -0.4 is 10.5 Å². The van der Waals surface area contributed by atoms with Gasteiger partial charge >= 0.3 is 0 Å². The summed E-state index contributed by atoms with van der Waals surface area (Å²) in [5.74, 6) is -0.834. The van der Waals surface area contributed by atoms with Crippen LogP contribution in [-0.4, -0.2) is 12.2 Å². The number of hydrogen-bond donors (Lipinski definition) is 2. The van der Waals surface area contributed by atoms with Crippen LogP contribution in [0.2, 0.25) is 0 Å². The highest BCUT2D eigenvalue weighted by atomic mass is 19.1. The summed E-state index contributed by atoms with van der Waals surface area (Å²) in [6.07, 6.45) is 0. The molecule has 1 aromatic carbocycles. The number of phenols is 1. The van der Waals surface area contributed by atoms with Crippen molar-refractivity contribution in [2.75, 3.05) is 12.8 Å². The van der Waals surface area contributed by atoms with Crippen LogP contribution >= 0.6 is 0 Å². The maximum Gasteiger partial charge on any atom is 0.184 e. The normalized spacial score (nSPS) is 9.64. The molecule has 0 aliphatic heterocycles. The monoisotopic (exact) mass is 157 g/mol. The molecule has 0 spiro atoms. The standard InChI is InChI=1S/C7H8FNO2/c1-11-5-3-2-4(8)6(9)7(5)10/h2-3,10H,9H2,1H3. The molecule has 0 aromatic heterocycles. The summed E-state index contributed by atoms with van der Waals surface area (Å²) in [7, 11) is 1.37. The van der Waals surface area contributed by atoms with Gasteiger partial charge in [-0.3, -0.25) is 0 Å². The number of rotatable bonds is 1. The molecule has 1 rings (SSSR count).